The van der Waals surface area contributed by atoms with Gasteiger partial charge in [-0.25, -0.2) is 14.6 Å². The SMILES string of the molecule is CN(C)c1ccc(N=Nc2ccccn2)c(O)c1.O=C(O)[C@H](O)[C@@H](O)C(=O)O. The molecule has 0 amide bonds. The van der Waals surface area contributed by atoms with Crippen molar-refractivity contribution in [3.63, 3.8) is 0 Å². The van der Waals surface area contributed by atoms with E-state index < -0.39 is 24.1 Å². The molecule has 0 saturated carbocycles. The Morgan fingerprint density at radius 3 is 2.04 bits per heavy atom. The molecule has 1 heterocycles. The molecule has 0 aliphatic carbocycles. The van der Waals surface area contributed by atoms with Crippen LogP contribution < -0.4 is 4.90 Å². The number of anilines is 1. The van der Waals surface area contributed by atoms with Gasteiger partial charge in [-0.05, 0) is 24.3 Å². The van der Waals surface area contributed by atoms with Crippen molar-refractivity contribution in [3.05, 3.63) is 42.6 Å². The molecular weight excluding hydrogens is 372 g/mol. The van der Waals surface area contributed by atoms with Crippen molar-refractivity contribution in [2.45, 2.75) is 12.2 Å². The van der Waals surface area contributed by atoms with Crippen LogP contribution in [0.25, 0.3) is 0 Å². The van der Waals surface area contributed by atoms with Gasteiger partial charge in [-0.1, -0.05) is 6.07 Å². The molecule has 5 N–H and O–H groups in total. The molecule has 150 valence electrons. The first kappa shape index (κ1) is 22.5. The summed E-state index contributed by atoms with van der Waals surface area (Å²) in [5, 5.41) is 50.3. The van der Waals surface area contributed by atoms with Gasteiger partial charge in [0, 0.05) is 32.0 Å². The first-order chi connectivity index (χ1) is 13.1. The monoisotopic (exact) mass is 392 g/mol. The molecule has 0 fully saturated rings. The lowest BCUT2D eigenvalue weighted by Crippen LogP contribution is -2.39. The predicted molar refractivity (Wildman–Crippen MR) is 98.1 cm³/mol. The molecule has 0 radical (unpaired) electrons. The van der Waals surface area contributed by atoms with Crippen LogP contribution in [0.5, 0.6) is 5.75 Å². The van der Waals surface area contributed by atoms with Gasteiger partial charge >= 0.3 is 11.9 Å². The number of aliphatic hydroxyl groups excluding tert-OH is 2. The molecule has 1 aromatic heterocycles. The number of nitrogens with zero attached hydrogens (tertiary/aromatic N) is 4. The molecule has 2 rings (SSSR count). The summed E-state index contributed by atoms with van der Waals surface area (Å²) in [6, 6.07) is 10.6. The maximum Gasteiger partial charge on any atom is 0.335 e. The number of rotatable bonds is 6. The fourth-order valence-corrected chi connectivity index (χ4v) is 1.66. The number of carbonyl (C=O) groups is 2. The lowest BCUT2D eigenvalue weighted by Gasteiger charge is -2.12. The van der Waals surface area contributed by atoms with E-state index in [2.05, 4.69) is 15.2 Å². The Hall–Kier alpha value is -3.57. The fourth-order valence-electron chi connectivity index (χ4n) is 1.66. The smallest absolute Gasteiger partial charge is 0.335 e. The van der Waals surface area contributed by atoms with E-state index in [0.29, 0.717) is 11.5 Å². The quantitative estimate of drug-likeness (QED) is 0.451. The number of aliphatic hydroxyl groups is 2. The second-order valence-corrected chi connectivity index (χ2v) is 5.52. The molecule has 11 nitrogen and oxygen atoms in total. The summed E-state index contributed by atoms with van der Waals surface area (Å²) in [6.07, 6.45) is -2.89. The number of pyridine rings is 1. The first-order valence-electron chi connectivity index (χ1n) is 7.78. The van der Waals surface area contributed by atoms with Crippen LogP contribution in [0.3, 0.4) is 0 Å². The van der Waals surface area contributed by atoms with Crippen molar-refractivity contribution >= 4 is 29.1 Å². The average molecular weight is 392 g/mol. The second-order valence-electron chi connectivity index (χ2n) is 5.52. The molecule has 1 aromatic carbocycles. The summed E-state index contributed by atoms with van der Waals surface area (Å²) in [4.78, 5) is 25.5. The van der Waals surface area contributed by atoms with Crippen LogP contribution in [0.4, 0.5) is 17.2 Å². The minimum absolute atomic E-state index is 0.0980. The summed E-state index contributed by atoms with van der Waals surface area (Å²) < 4.78 is 0. The van der Waals surface area contributed by atoms with E-state index in [1.807, 2.05) is 37.2 Å². The van der Waals surface area contributed by atoms with E-state index in [-0.39, 0.29) is 5.75 Å². The summed E-state index contributed by atoms with van der Waals surface area (Å²) >= 11 is 0. The number of phenolic OH excluding ortho intramolecular Hbond substituents is 1. The van der Waals surface area contributed by atoms with E-state index >= 15 is 0 Å². The second kappa shape index (κ2) is 10.5. The summed E-state index contributed by atoms with van der Waals surface area (Å²) in [7, 11) is 3.81. The molecule has 0 spiro atoms. The van der Waals surface area contributed by atoms with Crippen LogP contribution in [-0.4, -0.2) is 68.8 Å². The Labute approximate surface area is 159 Å². The molecule has 2 atom stereocenters. The van der Waals surface area contributed by atoms with Crippen molar-refractivity contribution in [2.75, 3.05) is 19.0 Å². The number of aliphatic carboxylic acids is 2. The number of carboxylic acid groups (broad SMARTS) is 2. The highest BCUT2D eigenvalue weighted by Gasteiger charge is 2.29. The van der Waals surface area contributed by atoms with Gasteiger partial charge in [0.1, 0.15) is 11.4 Å². The van der Waals surface area contributed by atoms with Crippen LogP contribution >= 0.6 is 0 Å². The largest absolute Gasteiger partial charge is 0.506 e. The number of carboxylic acids is 2. The topological polar surface area (TPSA) is 176 Å². The van der Waals surface area contributed by atoms with Gasteiger partial charge in [-0.3, -0.25) is 0 Å². The van der Waals surface area contributed by atoms with Gasteiger partial charge in [0.2, 0.25) is 0 Å². The molecule has 28 heavy (non-hydrogen) atoms. The highest BCUT2D eigenvalue weighted by atomic mass is 16.4. The van der Waals surface area contributed by atoms with Crippen LogP contribution in [0.15, 0.2) is 52.8 Å². The van der Waals surface area contributed by atoms with E-state index in [1.54, 1.807) is 24.4 Å². The van der Waals surface area contributed by atoms with Gasteiger partial charge in [0.05, 0.1) is 0 Å². The van der Waals surface area contributed by atoms with Gasteiger partial charge in [-0.2, -0.15) is 0 Å². The van der Waals surface area contributed by atoms with Gasteiger partial charge < -0.3 is 30.4 Å². The molecular formula is C17H20N4O7. The van der Waals surface area contributed by atoms with E-state index in [1.165, 1.54) is 0 Å². The maximum absolute atomic E-state index is 9.82. The number of aromatic hydroxyl groups is 1. The third-order valence-corrected chi connectivity index (χ3v) is 3.19. The van der Waals surface area contributed by atoms with Crippen molar-refractivity contribution in [1.82, 2.24) is 4.98 Å². The van der Waals surface area contributed by atoms with E-state index in [9.17, 15) is 14.7 Å². The Balaban J connectivity index is 0.000000336. The molecule has 0 bridgehead atoms. The molecule has 0 aliphatic heterocycles. The Morgan fingerprint density at radius 2 is 1.61 bits per heavy atom. The zero-order valence-corrected chi connectivity index (χ0v) is 15.0. The minimum Gasteiger partial charge on any atom is -0.506 e. The third-order valence-electron chi connectivity index (χ3n) is 3.19. The van der Waals surface area contributed by atoms with Crippen LogP contribution in [0.1, 0.15) is 0 Å². The number of hydrogen-bond donors (Lipinski definition) is 5. The number of aromatic nitrogens is 1. The Bertz CT molecular complexity index is 810. The zero-order valence-electron chi connectivity index (χ0n) is 15.0. The van der Waals surface area contributed by atoms with Gasteiger partial charge in [0.15, 0.2) is 18.0 Å². The average Bonchev–Trinajstić information content (AvgIpc) is 2.66. The highest BCUT2D eigenvalue weighted by Crippen LogP contribution is 2.31. The number of hydrogen-bond acceptors (Lipinski definition) is 9. The Kier molecular flexibility index (Phi) is 8.46. The molecule has 11 heteroatoms. The lowest BCUT2D eigenvalue weighted by atomic mass is 10.2. The standard InChI is InChI=1S/C13H14N4O.C4H6O6/c1-17(2)10-6-7-11(12(18)9-10)15-16-13-5-3-4-8-14-13;5-1(3(7)8)2(6)4(9)10/h3-9,18H,1-2H3;1-2,5-6H,(H,7,8)(H,9,10)/t;1-,2-/m.1/s1. The van der Waals surface area contributed by atoms with Gasteiger partial charge in [-0.15, -0.1) is 10.2 Å². The number of azo groups is 1. The van der Waals surface area contributed by atoms with Crippen molar-refractivity contribution in [1.29, 1.82) is 0 Å². The minimum atomic E-state index is -2.27. The summed E-state index contributed by atoms with van der Waals surface area (Å²) in [5.74, 6) is -2.93. The number of phenols is 1. The van der Waals surface area contributed by atoms with E-state index in [4.69, 9.17) is 20.4 Å². The summed E-state index contributed by atoms with van der Waals surface area (Å²) in [6.45, 7) is 0. The van der Waals surface area contributed by atoms with Crippen LogP contribution in [-0.2, 0) is 9.59 Å². The van der Waals surface area contributed by atoms with E-state index in [0.717, 1.165) is 5.69 Å². The first-order valence-corrected chi connectivity index (χ1v) is 7.78. The van der Waals surface area contributed by atoms with Crippen molar-refractivity contribution < 1.29 is 35.1 Å². The highest BCUT2D eigenvalue weighted by molar-refractivity contribution is 5.83. The predicted octanol–water partition coefficient (Wildman–Crippen LogP) is 1.15. The maximum atomic E-state index is 9.82. The normalized spacial score (nSPS) is 12.6. The molecule has 0 unspecified atom stereocenters. The fraction of sp³-hybridized carbons (Fsp3) is 0.235. The zero-order chi connectivity index (χ0) is 21.3. The van der Waals surface area contributed by atoms with Gasteiger partial charge in [0.25, 0.3) is 0 Å². The van der Waals surface area contributed by atoms with Crippen LogP contribution in [0.2, 0.25) is 0 Å². The van der Waals surface area contributed by atoms with Crippen molar-refractivity contribution in [2.24, 2.45) is 10.2 Å². The van der Waals surface area contributed by atoms with Crippen molar-refractivity contribution in [3.8, 4) is 5.75 Å². The third kappa shape index (κ3) is 6.97. The molecule has 0 aliphatic rings. The summed E-state index contributed by atoms with van der Waals surface area (Å²) in [5.41, 5.74) is 1.33. The number of benzene rings is 1. The van der Waals surface area contributed by atoms with Crippen LogP contribution in [0, 0.1) is 0 Å². The molecule has 2 aromatic rings. The molecule has 0 saturated heterocycles. The lowest BCUT2D eigenvalue weighted by molar-refractivity contribution is -0.165. The Morgan fingerprint density at radius 1 is 1.00 bits per heavy atom.